The first-order chi connectivity index (χ1) is 9.69. The van der Waals surface area contributed by atoms with Crippen LogP contribution in [-0.4, -0.2) is 30.2 Å². The van der Waals surface area contributed by atoms with Crippen LogP contribution in [0.1, 0.15) is 0 Å². The Hall–Kier alpha value is -1.56. The van der Waals surface area contributed by atoms with Gasteiger partial charge in [0.1, 0.15) is 5.82 Å². The minimum Gasteiger partial charge on any atom is -0.383 e. The van der Waals surface area contributed by atoms with Gasteiger partial charge in [0.25, 0.3) is 0 Å². The molecule has 1 aromatic heterocycles. The van der Waals surface area contributed by atoms with E-state index in [2.05, 4.69) is 20.6 Å². The maximum Gasteiger partial charge on any atom is 0.229 e. The zero-order valence-electron chi connectivity index (χ0n) is 10.9. The summed E-state index contributed by atoms with van der Waals surface area (Å²) in [5.41, 5.74) is 0.772. The fourth-order valence-electron chi connectivity index (χ4n) is 1.50. The van der Waals surface area contributed by atoms with Crippen molar-refractivity contribution in [2.45, 2.75) is 0 Å². The summed E-state index contributed by atoms with van der Waals surface area (Å²) in [5, 5.41) is 7.18. The van der Waals surface area contributed by atoms with E-state index in [-0.39, 0.29) is 0 Å². The molecule has 0 saturated heterocycles. The molecule has 1 aromatic carbocycles. The Morgan fingerprint density at radius 3 is 2.80 bits per heavy atom. The summed E-state index contributed by atoms with van der Waals surface area (Å²) in [7, 11) is 1.65. The minimum absolute atomic E-state index is 0.478. The number of benzene rings is 1. The third-order valence-corrected chi connectivity index (χ3v) is 3.18. The number of methoxy groups -OCH3 is 1. The van der Waals surface area contributed by atoms with Crippen molar-refractivity contribution in [2.24, 2.45) is 0 Å². The number of nitrogens with one attached hydrogen (secondary N) is 2. The smallest absolute Gasteiger partial charge is 0.229 e. The normalized spacial score (nSPS) is 10.3. The molecule has 2 aromatic rings. The average Bonchev–Trinajstić information content (AvgIpc) is 2.44. The van der Waals surface area contributed by atoms with E-state index in [1.807, 2.05) is 6.07 Å². The lowest BCUT2D eigenvalue weighted by Gasteiger charge is -2.08. The van der Waals surface area contributed by atoms with Crippen LogP contribution in [0.15, 0.2) is 30.5 Å². The molecule has 0 bridgehead atoms. The van der Waals surface area contributed by atoms with Gasteiger partial charge in [-0.05, 0) is 24.3 Å². The molecule has 7 heteroatoms. The van der Waals surface area contributed by atoms with Gasteiger partial charge in [-0.25, -0.2) is 4.98 Å². The molecule has 0 radical (unpaired) electrons. The largest absolute Gasteiger partial charge is 0.383 e. The van der Waals surface area contributed by atoms with E-state index in [9.17, 15) is 0 Å². The summed E-state index contributed by atoms with van der Waals surface area (Å²) in [6, 6.07) is 7.03. The molecule has 0 fully saturated rings. The van der Waals surface area contributed by atoms with Crippen molar-refractivity contribution in [3.8, 4) is 0 Å². The Labute approximate surface area is 127 Å². The van der Waals surface area contributed by atoms with Gasteiger partial charge in [-0.1, -0.05) is 23.2 Å². The summed E-state index contributed by atoms with van der Waals surface area (Å²) < 4.78 is 4.97. The van der Waals surface area contributed by atoms with E-state index in [0.717, 1.165) is 11.5 Å². The van der Waals surface area contributed by atoms with Gasteiger partial charge in [0, 0.05) is 25.5 Å². The highest BCUT2D eigenvalue weighted by molar-refractivity contribution is 6.42. The van der Waals surface area contributed by atoms with Crippen LogP contribution in [0, 0.1) is 0 Å². The molecular weight excluding hydrogens is 299 g/mol. The quantitative estimate of drug-likeness (QED) is 0.798. The number of rotatable bonds is 6. The SMILES string of the molecule is COCCNc1ccnc(Nc2ccc(Cl)c(Cl)c2)n1. The Kier molecular flexibility index (Phi) is 5.40. The second-order valence-corrected chi connectivity index (χ2v) is 4.75. The standard InChI is InChI=1S/C13H14Cl2N4O/c1-20-7-6-16-12-4-5-17-13(19-12)18-9-2-3-10(14)11(15)8-9/h2-5,8H,6-7H2,1H3,(H2,16,17,18,19). The van der Waals surface area contributed by atoms with Gasteiger partial charge in [0.15, 0.2) is 0 Å². The third-order valence-electron chi connectivity index (χ3n) is 2.44. The van der Waals surface area contributed by atoms with Gasteiger partial charge in [-0.15, -0.1) is 0 Å². The Bertz CT molecular complexity index is 580. The maximum atomic E-state index is 5.96. The van der Waals surface area contributed by atoms with Crippen LogP contribution in [0.2, 0.25) is 10.0 Å². The van der Waals surface area contributed by atoms with Crippen molar-refractivity contribution in [3.05, 3.63) is 40.5 Å². The highest BCUT2D eigenvalue weighted by atomic mass is 35.5. The summed E-state index contributed by atoms with van der Waals surface area (Å²) in [4.78, 5) is 8.47. The highest BCUT2D eigenvalue weighted by Gasteiger charge is 2.02. The topological polar surface area (TPSA) is 59.1 Å². The summed E-state index contributed by atoms with van der Waals surface area (Å²) >= 11 is 11.8. The molecule has 1 heterocycles. The van der Waals surface area contributed by atoms with Gasteiger partial charge in [-0.2, -0.15) is 4.98 Å². The number of nitrogens with zero attached hydrogens (tertiary/aromatic N) is 2. The van der Waals surface area contributed by atoms with Gasteiger partial charge >= 0.3 is 0 Å². The first kappa shape index (κ1) is 14.8. The summed E-state index contributed by atoms with van der Waals surface area (Å²) in [5.74, 6) is 1.20. The molecule has 0 saturated carbocycles. The third kappa shape index (κ3) is 4.23. The van der Waals surface area contributed by atoms with Gasteiger partial charge < -0.3 is 15.4 Å². The molecular formula is C13H14Cl2N4O. The van der Waals surface area contributed by atoms with Crippen LogP contribution in [0.4, 0.5) is 17.5 Å². The number of hydrogen-bond acceptors (Lipinski definition) is 5. The Morgan fingerprint density at radius 1 is 1.20 bits per heavy atom. The Balaban J connectivity index is 2.05. The fraction of sp³-hybridized carbons (Fsp3) is 0.231. The van der Waals surface area contributed by atoms with Crippen LogP contribution in [0.5, 0.6) is 0 Å². The van der Waals surface area contributed by atoms with E-state index in [4.69, 9.17) is 27.9 Å². The van der Waals surface area contributed by atoms with Crippen molar-refractivity contribution in [2.75, 3.05) is 30.9 Å². The molecule has 2 rings (SSSR count). The number of halogens is 2. The molecule has 106 valence electrons. The lowest BCUT2D eigenvalue weighted by atomic mass is 10.3. The molecule has 5 nitrogen and oxygen atoms in total. The van der Waals surface area contributed by atoms with E-state index in [1.54, 1.807) is 31.5 Å². The lowest BCUT2D eigenvalue weighted by molar-refractivity contribution is 0.210. The number of hydrogen-bond donors (Lipinski definition) is 2. The predicted molar refractivity (Wildman–Crippen MR) is 82.1 cm³/mol. The van der Waals surface area contributed by atoms with Crippen LogP contribution in [-0.2, 0) is 4.74 Å². The van der Waals surface area contributed by atoms with Crippen molar-refractivity contribution in [1.29, 1.82) is 0 Å². The van der Waals surface area contributed by atoms with Gasteiger partial charge in [0.2, 0.25) is 5.95 Å². The molecule has 2 N–H and O–H groups in total. The van der Waals surface area contributed by atoms with Crippen molar-refractivity contribution in [1.82, 2.24) is 9.97 Å². The monoisotopic (exact) mass is 312 g/mol. The minimum atomic E-state index is 0.478. The predicted octanol–water partition coefficient (Wildman–Crippen LogP) is 3.59. The van der Waals surface area contributed by atoms with E-state index < -0.39 is 0 Å². The molecule has 0 aliphatic heterocycles. The van der Waals surface area contributed by atoms with Crippen LogP contribution in [0.3, 0.4) is 0 Å². The number of anilines is 3. The molecule has 0 unspecified atom stereocenters. The van der Waals surface area contributed by atoms with Crippen LogP contribution < -0.4 is 10.6 Å². The summed E-state index contributed by atoms with van der Waals surface area (Å²) in [6.45, 7) is 1.29. The van der Waals surface area contributed by atoms with E-state index >= 15 is 0 Å². The highest BCUT2D eigenvalue weighted by Crippen LogP contribution is 2.26. The molecule has 0 aliphatic rings. The van der Waals surface area contributed by atoms with Crippen molar-refractivity contribution >= 4 is 40.7 Å². The molecule has 0 aliphatic carbocycles. The zero-order valence-corrected chi connectivity index (χ0v) is 12.4. The van der Waals surface area contributed by atoms with Crippen LogP contribution >= 0.6 is 23.2 Å². The van der Waals surface area contributed by atoms with Crippen molar-refractivity contribution < 1.29 is 4.74 Å². The first-order valence-electron chi connectivity index (χ1n) is 5.97. The Morgan fingerprint density at radius 2 is 2.05 bits per heavy atom. The summed E-state index contributed by atoms with van der Waals surface area (Å²) in [6.07, 6.45) is 1.67. The van der Waals surface area contributed by atoms with E-state index in [1.165, 1.54) is 0 Å². The van der Waals surface area contributed by atoms with Crippen LogP contribution in [0.25, 0.3) is 0 Å². The van der Waals surface area contributed by atoms with Gasteiger partial charge in [-0.3, -0.25) is 0 Å². The number of aromatic nitrogens is 2. The molecule has 20 heavy (non-hydrogen) atoms. The second kappa shape index (κ2) is 7.28. The van der Waals surface area contributed by atoms with Gasteiger partial charge in [0.05, 0.1) is 16.7 Å². The first-order valence-corrected chi connectivity index (χ1v) is 6.72. The zero-order chi connectivity index (χ0) is 14.4. The van der Waals surface area contributed by atoms with E-state index in [0.29, 0.717) is 29.1 Å². The number of ether oxygens (including phenoxy) is 1. The molecule has 0 amide bonds. The lowest BCUT2D eigenvalue weighted by Crippen LogP contribution is -2.09. The molecule has 0 atom stereocenters. The molecule has 0 spiro atoms. The van der Waals surface area contributed by atoms with Crippen molar-refractivity contribution in [3.63, 3.8) is 0 Å². The fourth-order valence-corrected chi connectivity index (χ4v) is 1.80. The second-order valence-electron chi connectivity index (χ2n) is 3.94. The maximum absolute atomic E-state index is 5.96. The average molecular weight is 313 g/mol.